The zero-order valence-corrected chi connectivity index (χ0v) is 16.1. The van der Waals surface area contributed by atoms with Crippen molar-refractivity contribution in [3.63, 3.8) is 0 Å². The summed E-state index contributed by atoms with van der Waals surface area (Å²) < 4.78 is 0. The monoisotopic (exact) mass is 378 g/mol. The number of allylic oxidation sites excluding steroid dienone is 1. The van der Waals surface area contributed by atoms with Crippen LogP contribution in [0.5, 0.6) is 0 Å². The number of nitrogens with zero attached hydrogens (tertiary/aromatic N) is 1. The van der Waals surface area contributed by atoms with Crippen LogP contribution in [0.4, 0.5) is 17.2 Å². The molecule has 0 atom stereocenters. The Morgan fingerprint density at radius 2 is 1.86 bits per heavy atom. The number of carbonyl (C=O) groups is 2. The zero-order valence-electron chi connectivity index (χ0n) is 16.1. The molecule has 146 valence electrons. The van der Waals surface area contributed by atoms with Gasteiger partial charge in [0.2, 0.25) is 5.91 Å². The predicted molar refractivity (Wildman–Crippen MR) is 112 cm³/mol. The van der Waals surface area contributed by atoms with Crippen LogP contribution in [0.15, 0.2) is 54.2 Å². The van der Waals surface area contributed by atoms with Crippen LogP contribution in [-0.4, -0.2) is 23.3 Å². The minimum Gasteiger partial charge on any atom is -0.352 e. The van der Waals surface area contributed by atoms with Gasteiger partial charge in [-0.15, -0.1) is 0 Å². The summed E-state index contributed by atoms with van der Waals surface area (Å²) in [4.78, 5) is 27.8. The first kappa shape index (κ1) is 19.6. The third kappa shape index (κ3) is 5.94. The second-order valence-corrected chi connectivity index (χ2v) is 6.93. The standard InChI is InChI=1S/C22H26N4O2/c1-16(27)25-19-7-9-20(10-8-19)26-21-15-18(12-14-23-21)22(28)24-13-11-17-5-3-2-4-6-17/h5,7-10,12,14-15H,2-4,6,11,13H2,1H3,(H,23,26)(H,24,28)(H,25,27). The Hall–Kier alpha value is -3.15. The first-order valence-electron chi connectivity index (χ1n) is 9.67. The number of aromatic nitrogens is 1. The van der Waals surface area contributed by atoms with Crippen molar-refractivity contribution in [1.29, 1.82) is 0 Å². The van der Waals surface area contributed by atoms with E-state index < -0.39 is 0 Å². The van der Waals surface area contributed by atoms with Gasteiger partial charge in [0.25, 0.3) is 5.91 Å². The molecule has 1 aromatic carbocycles. The van der Waals surface area contributed by atoms with Gasteiger partial charge in [-0.25, -0.2) is 4.98 Å². The molecule has 2 aromatic rings. The number of hydrogen-bond acceptors (Lipinski definition) is 4. The maximum atomic E-state index is 12.4. The summed E-state index contributed by atoms with van der Waals surface area (Å²) in [5.74, 6) is 0.388. The highest BCUT2D eigenvalue weighted by atomic mass is 16.2. The highest BCUT2D eigenvalue weighted by Crippen LogP contribution is 2.20. The quantitative estimate of drug-likeness (QED) is 0.624. The van der Waals surface area contributed by atoms with Gasteiger partial charge >= 0.3 is 0 Å². The van der Waals surface area contributed by atoms with E-state index in [9.17, 15) is 9.59 Å². The summed E-state index contributed by atoms with van der Waals surface area (Å²) in [5.41, 5.74) is 3.58. The average Bonchev–Trinajstić information content (AvgIpc) is 2.70. The lowest BCUT2D eigenvalue weighted by molar-refractivity contribution is -0.114. The van der Waals surface area contributed by atoms with Crippen molar-refractivity contribution in [2.45, 2.75) is 39.0 Å². The highest BCUT2D eigenvalue weighted by molar-refractivity contribution is 5.95. The van der Waals surface area contributed by atoms with Gasteiger partial charge in [0.05, 0.1) is 0 Å². The third-order valence-electron chi connectivity index (χ3n) is 4.62. The molecule has 0 unspecified atom stereocenters. The summed E-state index contributed by atoms with van der Waals surface area (Å²) in [6.45, 7) is 2.12. The minimum absolute atomic E-state index is 0.0946. The van der Waals surface area contributed by atoms with Crippen molar-refractivity contribution < 1.29 is 9.59 Å². The van der Waals surface area contributed by atoms with Gasteiger partial charge in [-0.05, 0) is 68.5 Å². The Morgan fingerprint density at radius 3 is 2.57 bits per heavy atom. The molecular formula is C22H26N4O2. The summed E-state index contributed by atoms with van der Waals surface area (Å²) in [6, 6.07) is 10.7. The number of pyridine rings is 1. The van der Waals surface area contributed by atoms with Gasteiger partial charge in [0, 0.05) is 36.6 Å². The smallest absolute Gasteiger partial charge is 0.251 e. The molecule has 3 N–H and O–H groups in total. The Labute approximate surface area is 165 Å². The van der Waals surface area contributed by atoms with E-state index in [4.69, 9.17) is 0 Å². The summed E-state index contributed by atoms with van der Waals surface area (Å²) in [7, 11) is 0. The van der Waals surface area contributed by atoms with Crippen molar-refractivity contribution in [3.8, 4) is 0 Å². The van der Waals surface area contributed by atoms with Gasteiger partial charge < -0.3 is 16.0 Å². The molecule has 0 bridgehead atoms. The molecule has 2 amide bonds. The third-order valence-corrected chi connectivity index (χ3v) is 4.62. The summed E-state index contributed by atoms with van der Waals surface area (Å²) in [5, 5.41) is 8.89. The van der Waals surface area contributed by atoms with Crippen molar-refractivity contribution in [2.75, 3.05) is 17.2 Å². The number of benzene rings is 1. The number of amides is 2. The molecule has 1 aliphatic carbocycles. The van der Waals surface area contributed by atoms with Gasteiger partial charge in [-0.1, -0.05) is 11.6 Å². The fraction of sp³-hybridized carbons (Fsp3) is 0.318. The van der Waals surface area contributed by atoms with E-state index in [1.165, 1.54) is 25.3 Å². The van der Waals surface area contributed by atoms with Crippen LogP contribution in [0.25, 0.3) is 0 Å². The maximum Gasteiger partial charge on any atom is 0.251 e. The van der Waals surface area contributed by atoms with Crippen LogP contribution in [0.2, 0.25) is 0 Å². The number of carbonyl (C=O) groups excluding carboxylic acids is 2. The van der Waals surface area contributed by atoms with Crippen molar-refractivity contribution in [2.24, 2.45) is 0 Å². The number of nitrogens with one attached hydrogen (secondary N) is 3. The van der Waals surface area contributed by atoms with E-state index in [-0.39, 0.29) is 11.8 Å². The van der Waals surface area contributed by atoms with E-state index >= 15 is 0 Å². The Balaban J connectivity index is 1.54. The van der Waals surface area contributed by atoms with Gasteiger partial charge in [0.15, 0.2) is 0 Å². The summed E-state index contributed by atoms with van der Waals surface area (Å²) in [6.07, 6.45) is 9.69. The molecule has 0 spiro atoms. The van der Waals surface area contributed by atoms with Crippen LogP contribution in [0.1, 0.15) is 49.4 Å². The second kappa shape index (κ2) is 9.69. The van der Waals surface area contributed by atoms with Crippen molar-refractivity contribution >= 4 is 29.0 Å². The lowest BCUT2D eigenvalue weighted by Gasteiger charge is -2.13. The molecule has 28 heavy (non-hydrogen) atoms. The lowest BCUT2D eigenvalue weighted by atomic mass is 9.97. The Bertz CT molecular complexity index is 859. The normalized spacial score (nSPS) is 13.4. The first-order chi connectivity index (χ1) is 13.6. The minimum atomic E-state index is -0.110. The topological polar surface area (TPSA) is 83.1 Å². The van der Waals surface area contributed by atoms with E-state index in [1.54, 1.807) is 30.5 Å². The molecule has 0 saturated heterocycles. The first-order valence-corrected chi connectivity index (χ1v) is 9.67. The Kier molecular flexibility index (Phi) is 6.78. The predicted octanol–water partition coefficient (Wildman–Crippen LogP) is 4.40. The molecule has 0 fully saturated rings. The van der Waals surface area contributed by atoms with Crippen molar-refractivity contribution in [3.05, 3.63) is 59.8 Å². The van der Waals surface area contributed by atoms with E-state index in [1.807, 2.05) is 12.1 Å². The maximum absolute atomic E-state index is 12.4. The molecule has 1 aromatic heterocycles. The number of rotatable bonds is 7. The number of hydrogen-bond donors (Lipinski definition) is 3. The van der Waals surface area contributed by atoms with E-state index in [0.717, 1.165) is 30.6 Å². The highest BCUT2D eigenvalue weighted by Gasteiger charge is 2.08. The van der Waals surface area contributed by atoms with Crippen LogP contribution in [-0.2, 0) is 4.79 Å². The molecule has 3 rings (SSSR count). The molecule has 0 radical (unpaired) electrons. The molecule has 6 nitrogen and oxygen atoms in total. The van der Waals surface area contributed by atoms with Crippen LogP contribution < -0.4 is 16.0 Å². The van der Waals surface area contributed by atoms with Crippen molar-refractivity contribution in [1.82, 2.24) is 10.3 Å². The fourth-order valence-electron chi connectivity index (χ4n) is 3.20. The fourth-order valence-corrected chi connectivity index (χ4v) is 3.20. The van der Waals surface area contributed by atoms with Crippen LogP contribution in [0, 0.1) is 0 Å². The lowest BCUT2D eigenvalue weighted by Crippen LogP contribution is -2.25. The molecular weight excluding hydrogens is 352 g/mol. The molecule has 0 aliphatic heterocycles. The SMILES string of the molecule is CC(=O)Nc1ccc(Nc2cc(C(=O)NCCC3=CCCCC3)ccn2)cc1. The van der Waals surface area contributed by atoms with Gasteiger partial charge in [-0.2, -0.15) is 0 Å². The Morgan fingerprint density at radius 1 is 1.07 bits per heavy atom. The largest absolute Gasteiger partial charge is 0.352 e. The molecule has 0 saturated carbocycles. The zero-order chi connectivity index (χ0) is 19.8. The van der Waals surface area contributed by atoms with E-state index in [0.29, 0.717) is 17.9 Å². The van der Waals surface area contributed by atoms with Gasteiger partial charge in [-0.3, -0.25) is 9.59 Å². The molecule has 1 aliphatic rings. The second-order valence-electron chi connectivity index (χ2n) is 6.93. The number of anilines is 3. The van der Waals surface area contributed by atoms with Gasteiger partial charge in [0.1, 0.15) is 5.82 Å². The summed E-state index contributed by atoms with van der Waals surface area (Å²) >= 11 is 0. The molecule has 6 heteroatoms. The van der Waals surface area contributed by atoms with Crippen LogP contribution >= 0.6 is 0 Å². The van der Waals surface area contributed by atoms with E-state index in [2.05, 4.69) is 27.0 Å². The average molecular weight is 378 g/mol. The van der Waals surface area contributed by atoms with Crippen LogP contribution in [0.3, 0.4) is 0 Å². The molecule has 1 heterocycles.